The van der Waals surface area contributed by atoms with E-state index in [-0.39, 0.29) is 18.4 Å². The fourth-order valence-corrected chi connectivity index (χ4v) is 2.31. The third kappa shape index (κ3) is 7.81. The van der Waals surface area contributed by atoms with Gasteiger partial charge in [-0.1, -0.05) is 13.8 Å². The molecule has 0 aliphatic carbocycles. The van der Waals surface area contributed by atoms with Crippen LogP contribution >= 0.6 is 0 Å². The fraction of sp³-hybridized carbons (Fsp3) is 0.333. The molecule has 0 atom stereocenters. The highest BCUT2D eigenvalue weighted by Gasteiger charge is 2.04. The Kier molecular flexibility index (Phi) is 7.67. The number of hydrogen-bond acceptors (Lipinski definition) is 4. The molecule has 6 nitrogen and oxygen atoms in total. The van der Waals surface area contributed by atoms with E-state index in [0.717, 1.165) is 23.5 Å². The van der Waals surface area contributed by atoms with Crippen molar-refractivity contribution in [1.29, 1.82) is 0 Å². The van der Waals surface area contributed by atoms with Crippen molar-refractivity contribution in [3.8, 4) is 5.75 Å². The van der Waals surface area contributed by atoms with E-state index in [9.17, 15) is 9.59 Å². The molecule has 2 aromatic carbocycles. The summed E-state index contributed by atoms with van der Waals surface area (Å²) in [5.41, 5.74) is 2.24. The normalized spacial score (nSPS) is 10.4. The first-order valence-corrected chi connectivity index (χ1v) is 9.06. The lowest BCUT2D eigenvalue weighted by atomic mass is 10.1. The highest BCUT2D eigenvalue weighted by molar-refractivity contribution is 5.94. The van der Waals surface area contributed by atoms with Crippen LogP contribution < -0.4 is 20.7 Å². The number of carbonyl (C=O) groups is 2. The number of benzene rings is 2. The Morgan fingerprint density at radius 3 is 2.04 bits per heavy atom. The number of ether oxygens (including phenoxy) is 1. The summed E-state index contributed by atoms with van der Waals surface area (Å²) in [7, 11) is 0. The Labute approximate surface area is 160 Å². The Morgan fingerprint density at radius 2 is 1.44 bits per heavy atom. The summed E-state index contributed by atoms with van der Waals surface area (Å²) in [4.78, 5) is 23.1. The van der Waals surface area contributed by atoms with Gasteiger partial charge in [-0.2, -0.15) is 0 Å². The molecule has 2 rings (SSSR count). The summed E-state index contributed by atoms with van der Waals surface area (Å²) in [6, 6.07) is 14.5. The molecule has 0 radical (unpaired) electrons. The SMILES string of the molecule is CC(=O)Nc1ccc(NCC(=O)Nc2ccc(OCCC(C)C)cc2)cc1. The van der Waals surface area contributed by atoms with Crippen molar-refractivity contribution in [3.63, 3.8) is 0 Å². The molecule has 0 aliphatic heterocycles. The summed E-state index contributed by atoms with van der Waals surface area (Å²) in [5, 5.41) is 8.58. The van der Waals surface area contributed by atoms with Crippen LogP contribution in [-0.2, 0) is 9.59 Å². The van der Waals surface area contributed by atoms with Gasteiger partial charge in [-0.05, 0) is 60.9 Å². The van der Waals surface area contributed by atoms with E-state index in [0.29, 0.717) is 18.2 Å². The van der Waals surface area contributed by atoms with Crippen LogP contribution in [0, 0.1) is 5.92 Å². The van der Waals surface area contributed by atoms with Crippen LogP contribution in [0.3, 0.4) is 0 Å². The lowest BCUT2D eigenvalue weighted by molar-refractivity contribution is -0.115. The average molecular weight is 369 g/mol. The highest BCUT2D eigenvalue weighted by Crippen LogP contribution is 2.17. The van der Waals surface area contributed by atoms with Gasteiger partial charge in [-0.15, -0.1) is 0 Å². The molecule has 2 aromatic rings. The van der Waals surface area contributed by atoms with E-state index in [2.05, 4.69) is 29.8 Å². The number of anilines is 3. The van der Waals surface area contributed by atoms with E-state index >= 15 is 0 Å². The van der Waals surface area contributed by atoms with Gasteiger partial charge in [-0.25, -0.2) is 0 Å². The number of rotatable bonds is 9. The van der Waals surface area contributed by atoms with E-state index < -0.39 is 0 Å². The van der Waals surface area contributed by atoms with Gasteiger partial charge in [-0.3, -0.25) is 9.59 Å². The van der Waals surface area contributed by atoms with Crippen molar-refractivity contribution in [2.75, 3.05) is 29.1 Å². The van der Waals surface area contributed by atoms with E-state index in [1.807, 2.05) is 36.4 Å². The van der Waals surface area contributed by atoms with Crippen molar-refractivity contribution in [1.82, 2.24) is 0 Å². The molecule has 0 unspecified atom stereocenters. The smallest absolute Gasteiger partial charge is 0.243 e. The second-order valence-electron chi connectivity index (χ2n) is 6.72. The van der Waals surface area contributed by atoms with Gasteiger partial charge >= 0.3 is 0 Å². The second-order valence-corrected chi connectivity index (χ2v) is 6.72. The first kappa shape index (κ1) is 20.3. The quantitative estimate of drug-likeness (QED) is 0.621. The molecule has 0 fully saturated rings. The largest absolute Gasteiger partial charge is 0.494 e. The van der Waals surface area contributed by atoms with Gasteiger partial charge in [0.1, 0.15) is 5.75 Å². The topological polar surface area (TPSA) is 79.5 Å². The zero-order valence-electron chi connectivity index (χ0n) is 16.0. The van der Waals surface area contributed by atoms with Gasteiger partial charge in [0.25, 0.3) is 0 Å². The summed E-state index contributed by atoms with van der Waals surface area (Å²) in [6.07, 6.45) is 1.01. The van der Waals surface area contributed by atoms with Gasteiger partial charge in [0.15, 0.2) is 0 Å². The third-order valence-electron chi connectivity index (χ3n) is 3.76. The van der Waals surface area contributed by atoms with Crippen LogP contribution in [0.2, 0.25) is 0 Å². The Hall–Kier alpha value is -3.02. The maximum absolute atomic E-state index is 12.1. The van der Waals surface area contributed by atoms with Gasteiger partial charge in [0.05, 0.1) is 13.2 Å². The molecule has 3 N–H and O–H groups in total. The van der Waals surface area contributed by atoms with E-state index in [1.54, 1.807) is 12.1 Å². The fourth-order valence-electron chi connectivity index (χ4n) is 2.31. The molecule has 6 heteroatoms. The Balaban J connectivity index is 1.75. The Bertz CT molecular complexity index is 740. The number of nitrogens with one attached hydrogen (secondary N) is 3. The summed E-state index contributed by atoms with van der Waals surface area (Å²) in [5.74, 6) is 1.14. The average Bonchev–Trinajstić information content (AvgIpc) is 2.62. The molecule has 0 saturated carbocycles. The molecular weight excluding hydrogens is 342 g/mol. The minimum atomic E-state index is -0.144. The van der Waals surface area contributed by atoms with Crippen LogP contribution in [0.25, 0.3) is 0 Å². The molecule has 2 amide bonds. The van der Waals surface area contributed by atoms with Gasteiger partial charge in [0, 0.05) is 24.0 Å². The molecular formula is C21H27N3O3. The second kappa shape index (κ2) is 10.2. The molecule has 0 heterocycles. The maximum atomic E-state index is 12.1. The van der Waals surface area contributed by atoms with E-state index in [1.165, 1.54) is 6.92 Å². The molecule has 0 bridgehead atoms. The van der Waals surface area contributed by atoms with Crippen LogP contribution in [0.1, 0.15) is 27.2 Å². The molecule has 0 spiro atoms. The predicted octanol–water partition coefficient (Wildman–Crippen LogP) is 4.12. The number of amides is 2. The number of carbonyl (C=O) groups excluding carboxylic acids is 2. The summed E-state index contributed by atoms with van der Waals surface area (Å²) < 4.78 is 5.66. The summed E-state index contributed by atoms with van der Waals surface area (Å²) >= 11 is 0. The van der Waals surface area contributed by atoms with Crippen molar-refractivity contribution >= 4 is 28.9 Å². The third-order valence-corrected chi connectivity index (χ3v) is 3.76. The monoisotopic (exact) mass is 369 g/mol. The van der Waals surface area contributed by atoms with Crippen LogP contribution in [-0.4, -0.2) is 25.0 Å². The van der Waals surface area contributed by atoms with E-state index in [4.69, 9.17) is 4.74 Å². The first-order chi connectivity index (χ1) is 12.9. The van der Waals surface area contributed by atoms with Crippen LogP contribution in [0.5, 0.6) is 5.75 Å². The molecule has 0 aliphatic rings. The molecule has 0 aromatic heterocycles. The standard InChI is InChI=1S/C21H27N3O3/c1-15(2)12-13-27-20-10-8-19(9-11-20)24-21(26)14-22-17-4-6-18(7-5-17)23-16(3)25/h4-11,15,22H,12-14H2,1-3H3,(H,23,25)(H,24,26). The van der Waals surface area contributed by atoms with Crippen molar-refractivity contribution in [3.05, 3.63) is 48.5 Å². The zero-order chi connectivity index (χ0) is 19.6. The molecule has 27 heavy (non-hydrogen) atoms. The predicted molar refractivity (Wildman–Crippen MR) is 109 cm³/mol. The van der Waals surface area contributed by atoms with Gasteiger partial charge in [0.2, 0.25) is 11.8 Å². The zero-order valence-corrected chi connectivity index (χ0v) is 16.0. The van der Waals surface area contributed by atoms with Crippen molar-refractivity contribution in [2.24, 2.45) is 5.92 Å². The van der Waals surface area contributed by atoms with Gasteiger partial charge < -0.3 is 20.7 Å². The van der Waals surface area contributed by atoms with Crippen molar-refractivity contribution < 1.29 is 14.3 Å². The highest BCUT2D eigenvalue weighted by atomic mass is 16.5. The van der Waals surface area contributed by atoms with Crippen molar-refractivity contribution in [2.45, 2.75) is 27.2 Å². The number of hydrogen-bond donors (Lipinski definition) is 3. The maximum Gasteiger partial charge on any atom is 0.243 e. The van der Waals surface area contributed by atoms with Crippen LogP contribution in [0.4, 0.5) is 17.1 Å². The molecule has 144 valence electrons. The Morgan fingerprint density at radius 1 is 0.889 bits per heavy atom. The lowest BCUT2D eigenvalue weighted by Gasteiger charge is -2.10. The minimum absolute atomic E-state index is 0.119. The molecule has 0 saturated heterocycles. The first-order valence-electron chi connectivity index (χ1n) is 9.06. The van der Waals surface area contributed by atoms with Crippen LogP contribution in [0.15, 0.2) is 48.5 Å². The summed E-state index contributed by atoms with van der Waals surface area (Å²) in [6.45, 7) is 6.61. The minimum Gasteiger partial charge on any atom is -0.494 e. The lowest BCUT2D eigenvalue weighted by Crippen LogP contribution is -2.21.